The number of benzene rings is 1. The molecule has 0 spiro atoms. The lowest BCUT2D eigenvalue weighted by molar-refractivity contribution is 0.178. The van der Waals surface area contributed by atoms with Crippen molar-refractivity contribution < 1.29 is 13.9 Å². The number of aromatic nitrogens is 1. The molecular weight excluding hydrogens is 236 g/mol. The molecular formula is C14H13F2NO. The van der Waals surface area contributed by atoms with Gasteiger partial charge in [-0.25, -0.2) is 8.78 Å². The first kappa shape index (κ1) is 12.6. The zero-order chi connectivity index (χ0) is 13.1. The van der Waals surface area contributed by atoms with E-state index >= 15 is 0 Å². The minimum atomic E-state index is -0.901. The van der Waals surface area contributed by atoms with Gasteiger partial charge in [-0.05, 0) is 36.2 Å². The molecule has 0 aliphatic rings. The SMILES string of the molecule is Cc1ccc(C(O)Cc2ccc(F)c(F)c2)cn1. The molecule has 0 radical (unpaired) electrons. The van der Waals surface area contributed by atoms with Gasteiger partial charge < -0.3 is 5.11 Å². The van der Waals surface area contributed by atoms with Crippen LogP contribution in [0.5, 0.6) is 0 Å². The average Bonchev–Trinajstić information content (AvgIpc) is 2.34. The van der Waals surface area contributed by atoms with E-state index in [2.05, 4.69) is 4.98 Å². The van der Waals surface area contributed by atoms with Gasteiger partial charge in [0.2, 0.25) is 0 Å². The maximum atomic E-state index is 13.0. The van der Waals surface area contributed by atoms with Crippen molar-refractivity contribution in [3.8, 4) is 0 Å². The highest BCUT2D eigenvalue weighted by Gasteiger charge is 2.10. The van der Waals surface area contributed by atoms with Crippen molar-refractivity contribution >= 4 is 0 Å². The zero-order valence-electron chi connectivity index (χ0n) is 9.90. The summed E-state index contributed by atoms with van der Waals surface area (Å²) in [6.45, 7) is 1.85. The van der Waals surface area contributed by atoms with Crippen LogP contribution in [0.1, 0.15) is 22.9 Å². The Kier molecular flexibility index (Phi) is 3.67. The Hall–Kier alpha value is -1.81. The molecule has 0 amide bonds. The summed E-state index contributed by atoms with van der Waals surface area (Å²) in [5.41, 5.74) is 2.06. The van der Waals surface area contributed by atoms with E-state index in [-0.39, 0.29) is 6.42 Å². The highest BCUT2D eigenvalue weighted by atomic mass is 19.2. The van der Waals surface area contributed by atoms with Crippen molar-refractivity contribution in [1.82, 2.24) is 4.98 Å². The van der Waals surface area contributed by atoms with Crippen molar-refractivity contribution in [2.75, 3.05) is 0 Å². The Bertz CT molecular complexity index is 540. The number of aliphatic hydroxyl groups excluding tert-OH is 1. The number of aryl methyl sites for hydroxylation is 1. The van der Waals surface area contributed by atoms with E-state index in [1.54, 1.807) is 18.3 Å². The van der Waals surface area contributed by atoms with E-state index in [1.165, 1.54) is 6.07 Å². The Morgan fingerprint density at radius 3 is 2.56 bits per heavy atom. The largest absolute Gasteiger partial charge is 0.388 e. The molecule has 2 aromatic rings. The molecule has 18 heavy (non-hydrogen) atoms. The first-order valence-electron chi connectivity index (χ1n) is 5.61. The van der Waals surface area contributed by atoms with Crippen LogP contribution in [0.15, 0.2) is 36.5 Å². The van der Waals surface area contributed by atoms with Gasteiger partial charge in [-0.1, -0.05) is 12.1 Å². The normalized spacial score (nSPS) is 12.4. The number of pyridine rings is 1. The minimum Gasteiger partial charge on any atom is -0.388 e. The summed E-state index contributed by atoms with van der Waals surface area (Å²) in [6.07, 6.45) is 1.03. The molecule has 1 heterocycles. The van der Waals surface area contributed by atoms with Crippen molar-refractivity contribution in [2.45, 2.75) is 19.4 Å². The maximum absolute atomic E-state index is 13.0. The average molecular weight is 249 g/mol. The molecule has 0 bridgehead atoms. The molecule has 0 aliphatic heterocycles. The maximum Gasteiger partial charge on any atom is 0.159 e. The van der Waals surface area contributed by atoms with Gasteiger partial charge in [0.05, 0.1) is 6.10 Å². The molecule has 2 rings (SSSR count). The van der Waals surface area contributed by atoms with Crippen molar-refractivity contribution in [2.24, 2.45) is 0 Å². The molecule has 94 valence electrons. The fraction of sp³-hybridized carbons (Fsp3) is 0.214. The summed E-state index contributed by atoms with van der Waals surface area (Å²) in [6, 6.07) is 7.19. The van der Waals surface area contributed by atoms with Gasteiger partial charge in [0.15, 0.2) is 11.6 Å². The molecule has 4 heteroatoms. The third-order valence-corrected chi connectivity index (χ3v) is 2.73. The summed E-state index contributed by atoms with van der Waals surface area (Å²) >= 11 is 0. The van der Waals surface area contributed by atoms with Crippen LogP contribution < -0.4 is 0 Å². The van der Waals surface area contributed by atoms with Crippen molar-refractivity contribution in [1.29, 1.82) is 0 Å². The van der Waals surface area contributed by atoms with E-state index in [0.29, 0.717) is 11.1 Å². The molecule has 0 saturated heterocycles. The van der Waals surface area contributed by atoms with E-state index in [1.807, 2.05) is 6.92 Å². The van der Waals surface area contributed by atoms with Gasteiger partial charge in [0, 0.05) is 18.3 Å². The van der Waals surface area contributed by atoms with Crippen LogP contribution in [0, 0.1) is 18.6 Å². The van der Waals surface area contributed by atoms with Crippen LogP contribution in [0.4, 0.5) is 8.78 Å². The number of rotatable bonds is 3. The fourth-order valence-corrected chi connectivity index (χ4v) is 1.68. The lowest BCUT2D eigenvalue weighted by Crippen LogP contribution is -2.03. The predicted molar refractivity (Wildman–Crippen MR) is 64.0 cm³/mol. The second kappa shape index (κ2) is 5.23. The zero-order valence-corrected chi connectivity index (χ0v) is 9.90. The van der Waals surface area contributed by atoms with Crippen molar-refractivity contribution in [3.05, 3.63) is 65.0 Å². The number of nitrogens with zero attached hydrogens (tertiary/aromatic N) is 1. The molecule has 1 aromatic carbocycles. The summed E-state index contributed by atoms with van der Waals surface area (Å²) in [7, 11) is 0. The van der Waals surface area contributed by atoms with Gasteiger partial charge >= 0.3 is 0 Å². The lowest BCUT2D eigenvalue weighted by atomic mass is 10.0. The molecule has 0 aliphatic carbocycles. The van der Waals surface area contributed by atoms with Crippen LogP contribution in [0.2, 0.25) is 0 Å². The standard InChI is InChI=1S/C14H13F2NO/c1-9-2-4-11(8-17-9)14(18)7-10-3-5-12(15)13(16)6-10/h2-6,8,14,18H,7H2,1H3. The fourth-order valence-electron chi connectivity index (χ4n) is 1.68. The Morgan fingerprint density at radius 2 is 1.94 bits per heavy atom. The van der Waals surface area contributed by atoms with Gasteiger partial charge in [0.1, 0.15) is 0 Å². The monoisotopic (exact) mass is 249 g/mol. The second-order valence-electron chi connectivity index (χ2n) is 4.20. The highest BCUT2D eigenvalue weighted by molar-refractivity contribution is 5.22. The van der Waals surface area contributed by atoms with Crippen LogP contribution in [-0.2, 0) is 6.42 Å². The number of hydrogen-bond acceptors (Lipinski definition) is 2. The first-order valence-corrected chi connectivity index (χ1v) is 5.61. The third kappa shape index (κ3) is 2.90. The topological polar surface area (TPSA) is 33.1 Å². The van der Waals surface area contributed by atoms with E-state index in [0.717, 1.165) is 17.8 Å². The van der Waals surface area contributed by atoms with E-state index in [9.17, 15) is 13.9 Å². The third-order valence-electron chi connectivity index (χ3n) is 2.73. The Balaban J connectivity index is 2.13. The number of hydrogen-bond donors (Lipinski definition) is 1. The quantitative estimate of drug-likeness (QED) is 0.907. The lowest BCUT2D eigenvalue weighted by Gasteiger charge is -2.11. The van der Waals surface area contributed by atoms with Gasteiger partial charge in [-0.2, -0.15) is 0 Å². The molecule has 0 fully saturated rings. The summed E-state index contributed by atoms with van der Waals surface area (Å²) in [5.74, 6) is -1.79. The summed E-state index contributed by atoms with van der Waals surface area (Å²) < 4.78 is 25.8. The highest BCUT2D eigenvalue weighted by Crippen LogP contribution is 2.19. The van der Waals surface area contributed by atoms with Crippen molar-refractivity contribution in [3.63, 3.8) is 0 Å². The van der Waals surface area contributed by atoms with Crippen LogP contribution >= 0.6 is 0 Å². The smallest absolute Gasteiger partial charge is 0.159 e. The van der Waals surface area contributed by atoms with Gasteiger partial charge in [-0.3, -0.25) is 4.98 Å². The molecule has 1 atom stereocenters. The molecule has 1 N–H and O–H groups in total. The molecule has 0 saturated carbocycles. The van der Waals surface area contributed by atoms with Gasteiger partial charge in [-0.15, -0.1) is 0 Å². The second-order valence-corrected chi connectivity index (χ2v) is 4.20. The Labute approximate surface area is 104 Å². The molecule has 2 nitrogen and oxygen atoms in total. The number of halogens is 2. The van der Waals surface area contributed by atoms with Crippen LogP contribution in [0.25, 0.3) is 0 Å². The minimum absolute atomic E-state index is 0.224. The molecule has 1 aromatic heterocycles. The summed E-state index contributed by atoms with van der Waals surface area (Å²) in [5, 5.41) is 9.97. The van der Waals surface area contributed by atoms with Crippen LogP contribution in [-0.4, -0.2) is 10.1 Å². The molecule has 1 unspecified atom stereocenters. The summed E-state index contributed by atoms with van der Waals surface area (Å²) in [4.78, 5) is 4.08. The van der Waals surface area contributed by atoms with E-state index < -0.39 is 17.7 Å². The predicted octanol–water partition coefficient (Wildman–Crippen LogP) is 2.94. The first-order chi connectivity index (χ1) is 8.56. The Morgan fingerprint density at radius 1 is 1.17 bits per heavy atom. The number of aliphatic hydroxyl groups is 1. The van der Waals surface area contributed by atoms with E-state index in [4.69, 9.17) is 0 Å². The van der Waals surface area contributed by atoms with Gasteiger partial charge in [0.25, 0.3) is 0 Å². The van der Waals surface area contributed by atoms with Crippen LogP contribution in [0.3, 0.4) is 0 Å².